The van der Waals surface area contributed by atoms with Crippen molar-refractivity contribution in [2.45, 2.75) is 31.7 Å². The Hall–Kier alpha value is -0.820. The number of hydrogen-bond donors (Lipinski definition) is 1. The molecule has 2 fully saturated rings. The molecule has 1 N–H and O–H groups in total. The lowest BCUT2D eigenvalue weighted by Crippen LogP contribution is -2.48. The summed E-state index contributed by atoms with van der Waals surface area (Å²) in [5.74, 6) is 0.571. The number of aryl methyl sites for hydroxylation is 1. The van der Waals surface area contributed by atoms with Crippen molar-refractivity contribution < 1.29 is 4.79 Å². The number of carbonyl (C=O) groups excluding carboxylic acids is 1. The largest absolute Gasteiger partial charge is 0.342 e. The quantitative estimate of drug-likeness (QED) is 0.844. The van der Waals surface area contributed by atoms with E-state index in [1.807, 2.05) is 36.1 Å². The number of halogens is 2. The van der Waals surface area contributed by atoms with Crippen molar-refractivity contribution in [1.29, 1.82) is 0 Å². The van der Waals surface area contributed by atoms with Gasteiger partial charge in [0.15, 0.2) is 0 Å². The summed E-state index contributed by atoms with van der Waals surface area (Å²) in [5.41, 5.74) is 1.17. The maximum Gasteiger partial charge on any atom is 0.227 e. The molecule has 2 aliphatic rings. The number of likely N-dealkylation sites (tertiary alicyclic amines) is 1. The van der Waals surface area contributed by atoms with Crippen molar-refractivity contribution in [3.8, 4) is 0 Å². The lowest BCUT2D eigenvalue weighted by atomic mass is 9.89. The standard InChI is InChI=1S/C17H29N5O.2ClH/c1-4-22-7-5-14(6-8-22)21(3)17(23)16-11-18-10-15(16)13-9-19-20(2)12-13;;/h9,12,14-16,18H,4-8,10-11H2,1-3H3;2*1H/t15-,16+;;/m1../s1. The van der Waals surface area contributed by atoms with E-state index in [0.717, 1.165) is 45.6 Å². The first-order valence-corrected chi connectivity index (χ1v) is 8.78. The number of carbonyl (C=O) groups is 1. The van der Waals surface area contributed by atoms with Crippen LogP contribution < -0.4 is 5.32 Å². The summed E-state index contributed by atoms with van der Waals surface area (Å²) < 4.78 is 1.82. The lowest BCUT2D eigenvalue weighted by Gasteiger charge is -2.37. The van der Waals surface area contributed by atoms with Crippen LogP contribution in [0.5, 0.6) is 0 Å². The number of rotatable bonds is 4. The SMILES string of the molecule is CCN1CCC(N(C)C(=O)[C@H]2CNC[C@@H]2c2cnn(C)c2)CC1.Cl.Cl. The van der Waals surface area contributed by atoms with Gasteiger partial charge in [0.05, 0.1) is 12.1 Å². The van der Waals surface area contributed by atoms with E-state index in [1.54, 1.807) is 0 Å². The third kappa shape index (κ3) is 4.88. The van der Waals surface area contributed by atoms with Crippen LogP contribution in [-0.4, -0.2) is 71.3 Å². The Kier molecular flexibility index (Phi) is 8.68. The van der Waals surface area contributed by atoms with Gasteiger partial charge in [0, 0.05) is 58.4 Å². The summed E-state index contributed by atoms with van der Waals surface area (Å²) in [5, 5.41) is 7.66. The molecule has 0 bridgehead atoms. The first-order chi connectivity index (χ1) is 11.1. The molecule has 0 saturated carbocycles. The minimum atomic E-state index is 0. The van der Waals surface area contributed by atoms with Gasteiger partial charge in [-0.25, -0.2) is 0 Å². The smallest absolute Gasteiger partial charge is 0.227 e. The number of aromatic nitrogens is 2. The van der Waals surface area contributed by atoms with Crippen LogP contribution in [0.4, 0.5) is 0 Å². The summed E-state index contributed by atoms with van der Waals surface area (Å²) in [4.78, 5) is 17.5. The topological polar surface area (TPSA) is 53.4 Å². The van der Waals surface area contributed by atoms with Crippen LogP contribution in [0, 0.1) is 5.92 Å². The van der Waals surface area contributed by atoms with Gasteiger partial charge in [-0.1, -0.05) is 6.92 Å². The molecule has 0 aromatic carbocycles. The third-order valence-electron chi connectivity index (χ3n) is 5.58. The van der Waals surface area contributed by atoms with Crippen LogP contribution in [0.3, 0.4) is 0 Å². The summed E-state index contributed by atoms with van der Waals surface area (Å²) >= 11 is 0. The van der Waals surface area contributed by atoms with Gasteiger partial charge in [-0.2, -0.15) is 5.10 Å². The third-order valence-corrected chi connectivity index (χ3v) is 5.58. The van der Waals surface area contributed by atoms with Crippen molar-refractivity contribution in [2.75, 3.05) is 39.8 Å². The minimum Gasteiger partial charge on any atom is -0.342 e. The molecule has 1 aromatic heterocycles. The molecule has 8 heteroatoms. The van der Waals surface area contributed by atoms with Gasteiger partial charge in [0.25, 0.3) is 0 Å². The Morgan fingerprint density at radius 2 is 2.00 bits per heavy atom. The lowest BCUT2D eigenvalue weighted by molar-refractivity contribution is -0.137. The maximum atomic E-state index is 13.0. The Balaban J connectivity index is 0.00000156. The van der Waals surface area contributed by atoms with E-state index in [1.165, 1.54) is 5.56 Å². The molecule has 2 saturated heterocycles. The molecule has 25 heavy (non-hydrogen) atoms. The summed E-state index contributed by atoms with van der Waals surface area (Å²) in [6, 6.07) is 0.389. The van der Waals surface area contributed by atoms with Crippen LogP contribution in [0.25, 0.3) is 0 Å². The second-order valence-corrected chi connectivity index (χ2v) is 6.93. The summed E-state index contributed by atoms with van der Waals surface area (Å²) in [6.07, 6.45) is 6.12. The maximum absolute atomic E-state index is 13.0. The Bertz CT molecular complexity index is 545. The zero-order valence-corrected chi connectivity index (χ0v) is 17.0. The molecule has 0 radical (unpaired) electrons. The van der Waals surface area contributed by atoms with Crippen molar-refractivity contribution in [1.82, 2.24) is 24.9 Å². The highest BCUT2D eigenvalue weighted by molar-refractivity contribution is 5.85. The van der Waals surface area contributed by atoms with Crippen molar-refractivity contribution in [3.05, 3.63) is 18.0 Å². The molecule has 3 heterocycles. The fourth-order valence-corrected chi connectivity index (χ4v) is 3.98. The van der Waals surface area contributed by atoms with E-state index in [0.29, 0.717) is 11.9 Å². The van der Waals surface area contributed by atoms with Gasteiger partial charge < -0.3 is 15.1 Å². The second kappa shape index (κ2) is 9.76. The molecular weight excluding hydrogens is 361 g/mol. The van der Waals surface area contributed by atoms with Crippen LogP contribution in [0.2, 0.25) is 0 Å². The molecule has 0 spiro atoms. The van der Waals surface area contributed by atoms with E-state index in [4.69, 9.17) is 0 Å². The highest BCUT2D eigenvalue weighted by atomic mass is 35.5. The van der Waals surface area contributed by atoms with Gasteiger partial charge in [-0.3, -0.25) is 9.48 Å². The number of nitrogens with zero attached hydrogens (tertiary/aromatic N) is 4. The van der Waals surface area contributed by atoms with E-state index in [9.17, 15) is 4.79 Å². The molecular formula is C17H31Cl2N5O. The normalized spacial score (nSPS) is 24.4. The molecule has 1 amide bonds. The van der Waals surface area contributed by atoms with Crippen molar-refractivity contribution in [2.24, 2.45) is 13.0 Å². The molecule has 3 rings (SSSR count). The molecule has 2 atom stereocenters. The van der Waals surface area contributed by atoms with Crippen LogP contribution in [0.1, 0.15) is 31.2 Å². The molecule has 144 valence electrons. The van der Waals surface area contributed by atoms with Gasteiger partial charge in [-0.15, -0.1) is 24.8 Å². The molecule has 0 aliphatic carbocycles. The van der Waals surface area contributed by atoms with E-state index >= 15 is 0 Å². The van der Waals surface area contributed by atoms with E-state index in [-0.39, 0.29) is 36.6 Å². The van der Waals surface area contributed by atoms with Gasteiger partial charge in [0.1, 0.15) is 0 Å². The van der Waals surface area contributed by atoms with Crippen LogP contribution in [0.15, 0.2) is 12.4 Å². The van der Waals surface area contributed by atoms with Crippen LogP contribution in [-0.2, 0) is 11.8 Å². The summed E-state index contributed by atoms with van der Waals surface area (Å²) in [7, 11) is 3.92. The number of piperidine rings is 1. The Morgan fingerprint density at radius 3 is 2.56 bits per heavy atom. The number of amides is 1. The van der Waals surface area contributed by atoms with Crippen molar-refractivity contribution >= 4 is 30.7 Å². The van der Waals surface area contributed by atoms with Gasteiger partial charge in [-0.05, 0) is 24.9 Å². The van der Waals surface area contributed by atoms with Gasteiger partial charge >= 0.3 is 0 Å². The van der Waals surface area contributed by atoms with Crippen molar-refractivity contribution in [3.63, 3.8) is 0 Å². The fourth-order valence-electron chi connectivity index (χ4n) is 3.98. The monoisotopic (exact) mass is 391 g/mol. The predicted octanol–water partition coefficient (Wildman–Crippen LogP) is 1.51. The molecule has 2 aliphatic heterocycles. The first kappa shape index (κ1) is 22.2. The summed E-state index contributed by atoms with van der Waals surface area (Å²) in [6.45, 7) is 7.17. The number of hydrogen-bond acceptors (Lipinski definition) is 4. The average Bonchev–Trinajstić information content (AvgIpc) is 3.22. The van der Waals surface area contributed by atoms with Gasteiger partial charge in [0.2, 0.25) is 5.91 Å². The van der Waals surface area contributed by atoms with E-state index in [2.05, 4.69) is 22.2 Å². The molecule has 1 aromatic rings. The number of nitrogens with one attached hydrogen (secondary N) is 1. The first-order valence-electron chi connectivity index (χ1n) is 8.78. The zero-order chi connectivity index (χ0) is 16.4. The molecule has 6 nitrogen and oxygen atoms in total. The zero-order valence-electron chi connectivity index (χ0n) is 15.4. The highest BCUT2D eigenvalue weighted by Crippen LogP contribution is 2.30. The Labute approximate surface area is 163 Å². The predicted molar refractivity (Wildman–Crippen MR) is 105 cm³/mol. The van der Waals surface area contributed by atoms with Crippen LogP contribution >= 0.6 is 24.8 Å². The second-order valence-electron chi connectivity index (χ2n) is 6.93. The minimum absolute atomic E-state index is 0. The average molecular weight is 392 g/mol. The fraction of sp³-hybridized carbons (Fsp3) is 0.765. The highest BCUT2D eigenvalue weighted by Gasteiger charge is 2.38. The van der Waals surface area contributed by atoms with E-state index < -0.39 is 0 Å². The molecule has 0 unspecified atom stereocenters. The Morgan fingerprint density at radius 1 is 1.32 bits per heavy atom.